The van der Waals surface area contributed by atoms with E-state index in [1.165, 1.54) is 12.1 Å². The first-order chi connectivity index (χ1) is 11.0. The third-order valence-electron chi connectivity index (χ3n) is 4.69. The highest BCUT2D eigenvalue weighted by Gasteiger charge is 2.36. The number of carbonyl (C=O) groups is 1. The van der Waals surface area contributed by atoms with Gasteiger partial charge in [0.05, 0.1) is 6.04 Å². The maximum Gasteiger partial charge on any atom is 0.239 e. The van der Waals surface area contributed by atoms with Crippen molar-refractivity contribution in [3.63, 3.8) is 0 Å². The van der Waals surface area contributed by atoms with Crippen LogP contribution in [0, 0.1) is 5.82 Å². The Balaban J connectivity index is 1.52. The molecule has 0 saturated carbocycles. The van der Waals surface area contributed by atoms with Gasteiger partial charge in [0.25, 0.3) is 0 Å². The number of hydrogen-bond donors (Lipinski definition) is 1. The first-order valence-electron chi connectivity index (χ1n) is 8.14. The minimum atomic E-state index is -0.312. The number of hydrogen-bond acceptors (Lipinski definition) is 4. The van der Waals surface area contributed by atoms with Crippen LogP contribution in [0.15, 0.2) is 24.3 Å². The van der Waals surface area contributed by atoms with Crippen molar-refractivity contribution >= 4 is 5.91 Å². The van der Waals surface area contributed by atoms with Crippen LogP contribution in [0.5, 0.6) is 5.75 Å². The lowest BCUT2D eigenvalue weighted by Crippen LogP contribution is -2.43. The summed E-state index contributed by atoms with van der Waals surface area (Å²) in [5.41, 5.74) is 0. The van der Waals surface area contributed by atoms with Crippen molar-refractivity contribution in [1.82, 2.24) is 15.1 Å². The molecule has 6 heteroatoms. The maximum absolute atomic E-state index is 13.2. The van der Waals surface area contributed by atoms with Gasteiger partial charge in [0.15, 0.2) is 0 Å². The van der Waals surface area contributed by atoms with Crippen molar-refractivity contribution in [2.75, 3.05) is 33.7 Å². The van der Waals surface area contributed by atoms with Gasteiger partial charge >= 0.3 is 0 Å². The highest BCUT2D eigenvalue weighted by Crippen LogP contribution is 2.21. The summed E-state index contributed by atoms with van der Waals surface area (Å²) >= 11 is 0. The lowest BCUT2D eigenvalue weighted by atomic mass is 10.2. The molecule has 3 atom stereocenters. The van der Waals surface area contributed by atoms with E-state index in [1.54, 1.807) is 12.1 Å². The molecule has 0 radical (unpaired) electrons. The zero-order chi connectivity index (χ0) is 16.4. The summed E-state index contributed by atoms with van der Waals surface area (Å²) in [5, 5.41) is 3.24. The van der Waals surface area contributed by atoms with E-state index in [-0.39, 0.29) is 23.9 Å². The molecule has 5 nitrogen and oxygen atoms in total. The minimum absolute atomic E-state index is 0.0991. The molecule has 2 fully saturated rings. The second-order valence-corrected chi connectivity index (χ2v) is 6.58. The van der Waals surface area contributed by atoms with E-state index in [4.69, 9.17) is 4.74 Å². The summed E-state index contributed by atoms with van der Waals surface area (Å²) < 4.78 is 19.0. The minimum Gasteiger partial charge on any atom is -0.489 e. The predicted octanol–water partition coefficient (Wildman–Crippen LogP) is 1.10. The first-order valence-corrected chi connectivity index (χ1v) is 8.14. The Morgan fingerprint density at radius 1 is 1.43 bits per heavy atom. The largest absolute Gasteiger partial charge is 0.489 e. The third kappa shape index (κ3) is 3.82. The number of carbonyl (C=O) groups excluding carboxylic acids is 1. The van der Waals surface area contributed by atoms with E-state index in [1.807, 2.05) is 4.90 Å². The molecule has 3 rings (SSSR count). The van der Waals surface area contributed by atoms with Crippen LogP contribution in [-0.2, 0) is 4.79 Å². The van der Waals surface area contributed by atoms with Gasteiger partial charge in [-0.25, -0.2) is 4.39 Å². The van der Waals surface area contributed by atoms with Gasteiger partial charge in [-0.3, -0.25) is 4.79 Å². The van der Waals surface area contributed by atoms with Gasteiger partial charge in [-0.1, -0.05) is 6.07 Å². The number of rotatable bonds is 4. The van der Waals surface area contributed by atoms with Crippen LogP contribution in [0.3, 0.4) is 0 Å². The molecule has 126 valence electrons. The maximum atomic E-state index is 13.2. The van der Waals surface area contributed by atoms with E-state index in [0.29, 0.717) is 24.8 Å². The molecule has 2 aliphatic heterocycles. The molecule has 2 aliphatic rings. The summed E-state index contributed by atoms with van der Waals surface area (Å²) in [6.45, 7) is 2.21. The van der Waals surface area contributed by atoms with Gasteiger partial charge in [0.2, 0.25) is 5.91 Å². The van der Waals surface area contributed by atoms with Crippen LogP contribution in [0.4, 0.5) is 4.39 Å². The second-order valence-electron chi connectivity index (χ2n) is 6.58. The number of halogens is 1. The van der Waals surface area contributed by atoms with E-state index in [9.17, 15) is 9.18 Å². The summed E-state index contributed by atoms with van der Waals surface area (Å²) in [6.07, 6.45) is 1.55. The van der Waals surface area contributed by atoms with Crippen LogP contribution in [-0.4, -0.2) is 67.6 Å². The smallest absolute Gasteiger partial charge is 0.239 e. The number of benzene rings is 1. The van der Waals surface area contributed by atoms with Crippen LogP contribution in [0.25, 0.3) is 0 Å². The Kier molecular flexibility index (Phi) is 4.82. The molecular weight excluding hydrogens is 297 g/mol. The molecule has 0 aliphatic carbocycles. The quantitative estimate of drug-likeness (QED) is 0.902. The fourth-order valence-electron chi connectivity index (χ4n) is 3.30. The third-order valence-corrected chi connectivity index (χ3v) is 4.69. The molecule has 0 spiro atoms. The lowest BCUT2D eigenvalue weighted by molar-refractivity contribution is -0.132. The lowest BCUT2D eigenvalue weighted by Gasteiger charge is -2.22. The Labute approximate surface area is 136 Å². The number of ether oxygens (including phenoxy) is 1. The number of likely N-dealkylation sites (tertiary alicyclic amines) is 1. The molecule has 1 aromatic rings. The highest BCUT2D eigenvalue weighted by molar-refractivity contribution is 5.82. The number of nitrogens with zero attached hydrogens (tertiary/aromatic N) is 2. The average molecular weight is 321 g/mol. The van der Waals surface area contributed by atoms with Gasteiger partial charge in [0, 0.05) is 38.2 Å². The van der Waals surface area contributed by atoms with Crippen molar-refractivity contribution in [2.45, 2.75) is 31.0 Å². The van der Waals surface area contributed by atoms with Crippen molar-refractivity contribution in [2.24, 2.45) is 0 Å². The molecule has 1 aromatic carbocycles. The SMILES string of the molecule is CN(C)[C@@H]1CCN(C(=O)[C@H]2C[C@H](Oc3cccc(F)c3)CN2)C1. The zero-order valence-electron chi connectivity index (χ0n) is 13.7. The molecule has 1 N–H and O–H groups in total. The monoisotopic (exact) mass is 321 g/mol. The van der Waals surface area contributed by atoms with E-state index in [0.717, 1.165) is 19.5 Å². The van der Waals surface area contributed by atoms with Crippen molar-refractivity contribution < 1.29 is 13.9 Å². The first kappa shape index (κ1) is 16.2. The summed E-state index contributed by atoms with van der Waals surface area (Å²) in [7, 11) is 4.10. The number of amides is 1. The van der Waals surface area contributed by atoms with Gasteiger partial charge in [0.1, 0.15) is 17.7 Å². The number of nitrogens with one attached hydrogen (secondary N) is 1. The molecule has 2 heterocycles. The van der Waals surface area contributed by atoms with Crippen LogP contribution >= 0.6 is 0 Å². The Morgan fingerprint density at radius 2 is 2.26 bits per heavy atom. The summed E-state index contributed by atoms with van der Waals surface area (Å²) in [6, 6.07) is 6.37. The summed E-state index contributed by atoms with van der Waals surface area (Å²) in [4.78, 5) is 16.7. The standard InChI is InChI=1S/C17H24FN3O2/c1-20(2)13-6-7-21(11-13)17(22)16-9-15(10-19-16)23-14-5-3-4-12(18)8-14/h3-5,8,13,15-16,19H,6-7,9-11H2,1-2H3/t13-,15+,16-/m1/s1. The molecule has 23 heavy (non-hydrogen) atoms. The molecule has 1 amide bonds. The Bertz CT molecular complexity index is 567. The normalized spacial score (nSPS) is 27.7. The highest BCUT2D eigenvalue weighted by atomic mass is 19.1. The zero-order valence-corrected chi connectivity index (χ0v) is 13.7. The van der Waals surface area contributed by atoms with Crippen LogP contribution in [0.1, 0.15) is 12.8 Å². The van der Waals surface area contributed by atoms with Crippen molar-refractivity contribution in [1.29, 1.82) is 0 Å². The molecule has 0 aromatic heterocycles. The molecule has 2 saturated heterocycles. The van der Waals surface area contributed by atoms with Crippen LogP contribution < -0.4 is 10.1 Å². The van der Waals surface area contributed by atoms with Crippen LogP contribution in [0.2, 0.25) is 0 Å². The van der Waals surface area contributed by atoms with Crippen molar-refractivity contribution in [3.8, 4) is 5.75 Å². The van der Waals surface area contributed by atoms with E-state index in [2.05, 4.69) is 24.3 Å². The molecule has 0 bridgehead atoms. The van der Waals surface area contributed by atoms with Gasteiger partial charge in [-0.15, -0.1) is 0 Å². The van der Waals surface area contributed by atoms with Crippen molar-refractivity contribution in [3.05, 3.63) is 30.1 Å². The topological polar surface area (TPSA) is 44.8 Å². The second kappa shape index (κ2) is 6.84. The van der Waals surface area contributed by atoms with Gasteiger partial charge in [-0.05, 0) is 32.6 Å². The Morgan fingerprint density at radius 3 is 2.96 bits per heavy atom. The predicted molar refractivity (Wildman–Crippen MR) is 85.9 cm³/mol. The summed E-state index contributed by atoms with van der Waals surface area (Å²) in [5.74, 6) is 0.353. The van der Waals surface area contributed by atoms with E-state index < -0.39 is 0 Å². The molecule has 0 unspecified atom stereocenters. The fourth-order valence-corrected chi connectivity index (χ4v) is 3.30. The molecular formula is C17H24FN3O2. The number of likely N-dealkylation sites (N-methyl/N-ethyl adjacent to an activating group) is 1. The van der Waals surface area contributed by atoms with E-state index >= 15 is 0 Å². The Hall–Kier alpha value is -1.66. The average Bonchev–Trinajstić information content (AvgIpc) is 3.15. The van der Waals surface area contributed by atoms with Gasteiger partial charge in [-0.2, -0.15) is 0 Å². The fraction of sp³-hybridized carbons (Fsp3) is 0.588. The van der Waals surface area contributed by atoms with Gasteiger partial charge < -0.3 is 19.9 Å².